The number of imidazole rings is 1. The van der Waals surface area contributed by atoms with Crippen LogP contribution in [0.3, 0.4) is 0 Å². The molecule has 142 valence electrons. The van der Waals surface area contributed by atoms with E-state index < -0.39 is 0 Å². The van der Waals surface area contributed by atoms with Crippen LogP contribution in [0.2, 0.25) is 0 Å². The van der Waals surface area contributed by atoms with Gasteiger partial charge in [-0.15, -0.1) is 0 Å². The van der Waals surface area contributed by atoms with E-state index in [0.29, 0.717) is 31.0 Å². The minimum atomic E-state index is -0.298. The Morgan fingerprint density at radius 3 is 2.81 bits per heavy atom. The number of hydrogen-bond acceptors (Lipinski definition) is 4. The zero-order valence-corrected chi connectivity index (χ0v) is 16.2. The molecule has 0 radical (unpaired) electrons. The summed E-state index contributed by atoms with van der Waals surface area (Å²) in [5.74, 6) is 0.00955. The fourth-order valence-corrected chi connectivity index (χ4v) is 3.41. The zero-order chi connectivity index (χ0) is 19.2. The second-order valence-corrected chi connectivity index (χ2v) is 7.10. The summed E-state index contributed by atoms with van der Waals surface area (Å²) in [5.41, 5.74) is 3.78. The summed E-state index contributed by atoms with van der Waals surface area (Å²) in [6.45, 7) is 5.11. The molecule has 0 bridgehead atoms. The van der Waals surface area contributed by atoms with Crippen molar-refractivity contribution in [1.29, 1.82) is 0 Å². The van der Waals surface area contributed by atoms with Crippen LogP contribution >= 0.6 is 12.1 Å². The van der Waals surface area contributed by atoms with Gasteiger partial charge in [0.25, 0.3) is 0 Å². The van der Waals surface area contributed by atoms with Crippen molar-refractivity contribution < 1.29 is 8.28 Å². The third kappa shape index (κ3) is 4.86. The molecule has 1 aromatic carbocycles. The van der Waals surface area contributed by atoms with Crippen LogP contribution in [0, 0.1) is 12.7 Å². The highest BCUT2D eigenvalue weighted by Crippen LogP contribution is 2.30. The van der Waals surface area contributed by atoms with Gasteiger partial charge in [-0.3, -0.25) is 4.98 Å². The Kier molecular flexibility index (Phi) is 6.45. The van der Waals surface area contributed by atoms with Gasteiger partial charge in [0.1, 0.15) is 5.82 Å². The Morgan fingerprint density at radius 2 is 2.07 bits per heavy atom. The average molecular weight is 388 g/mol. The van der Waals surface area contributed by atoms with E-state index in [1.165, 1.54) is 12.1 Å². The summed E-state index contributed by atoms with van der Waals surface area (Å²) in [6.07, 6.45) is 9.04. The third-order valence-corrected chi connectivity index (χ3v) is 4.92. The Bertz CT molecular complexity index is 870. The van der Waals surface area contributed by atoms with E-state index >= 15 is 0 Å². The van der Waals surface area contributed by atoms with Crippen molar-refractivity contribution in [2.75, 3.05) is 17.2 Å². The lowest BCUT2D eigenvalue weighted by Gasteiger charge is -2.32. The molecule has 7 heteroatoms. The van der Waals surface area contributed by atoms with Crippen molar-refractivity contribution in [2.24, 2.45) is 0 Å². The lowest BCUT2D eigenvalue weighted by atomic mass is 10.0. The normalized spacial score (nSPS) is 12.1. The molecular formula is C20H22F2N4S. The van der Waals surface area contributed by atoms with Crippen LogP contribution < -0.4 is 4.90 Å². The van der Waals surface area contributed by atoms with E-state index in [2.05, 4.69) is 16.0 Å². The van der Waals surface area contributed by atoms with E-state index in [1.54, 1.807) is 18.6 Å². The van der Waals surface area contributed by atoms with Gasteiger partial charge < -0.3 is 9.47 Å². The Morgan fingerprint density at radius 1 is 1.22 bits per heavy atom. The van der Waals surface area contributed by atoms with Crippen molar-refractivity contribution >= 4 is 17.8 Å². The first-order valence-electron chi connectivity index (χ1n) is 8.74. The van der Waals surface area contributed by atoms with Gasteiger partial charge in [0.05, 0.1) is 18.9 Å². The van der Waals surface area contributed by atoms with Gasteiger partial charge in [-0.1, -0.05) is 6.07 Å². The molecule has 0 saturated heterocycles. The highest BCUT2D eigenvalue weighted by molar-refractivity contribution is 7.94. The van der Waals surface area contributed by atoms with Crippen LogP contribution in [-0.2, 0) is 6.54 Å². The molecular weight excluding hydrogens is 366 g/mol. The standard InChI is InChI=1S/C20H22F2N4S/c1-15-3-4-19(21)10-20(15)26(7-8-27-22)16(2)18-9-17(11-24-12-18)13-25-6-5-23-14-25/h3-6,9-12,14,16H,7-8,13H2,1-2H3. The Labute approximate surface area is 162 Å². The van der Waals surface area contributed by atoms with Crippen LogP contribution in [0.25, 0.3) is 0 Å². The number of halogens is 2. The number of benzene rings is 1. The first-order valence-corrected chi connectivity index (χ1v) is 9.63. The SMILES string of the molecule is Cc1ccc(F)cc1N(CCSF)C(C)c1cncc(Cn2ccnc2)c1. The molecule has 0 spiro atoms. The lowest BCUT2D eigenvalue weighted by molar-refractivity contribution is 0.621. The molecule has 0 aliphatic heterocycles. The summed E-state index contributed by atoms with van der Waals surface area (Å²) < 4.78 is 28.6. The fourth-order valence-electron chi connectivity index (χ4n) is 3.14. The molecule has 2 heterocycles. The van der Waals surface area contributed by atoms with Gasteiger partial charge in [-0.05, 0) is 48.7 Å². The van der Waals surface area contributed by atoms with Crippen LogP contribution in [0.15, 0.2) is 55.4 Å². The number of nitrogens with zero attached hydrogens (tertiary/aromatic N) is 4. The van der Waals surface area contributed by atoms with Crippen molar-refractivity contribution in [1.82, 2.24) is 14.5 Å². The number of aryl methyl sites for hydroxylation is 1. The summed E-state index contributed by atoms with van der Waals surface area (Å²) in [6, 6.07) is 6.71. The van der Waals surface area contributed by atoms with E-state index in [4.69, 9.17) is 0 Å². The van der Waals surface area contributed by atoms with Crippen molar-refractivity contribution in [3.63, 3.8) is 0 Å². The molecule has 2 aromatic heterocycles. The second kappa shape index (κ2) is 8.99. The van der Waals surface area contributed by atoms with Crippen molar-refractivity contribution in [2.45, 2.75) is 26.4 Å². The van der Waals surface area contributed by atoms with Crippen LogP contribution in [0.5, 0.6) is 0 Å². The number of aromatic nitrogens is 3. The minimum Gasteiger partial charge on any atom is -0.363 e. The van der Waals surface area contributed by atoms with Crippen LogP contribution in [0.4, 0.5) is 14.0 Å². The van der Waals surface area contributed by atoms with Gasteiger partial charge in [-0.25, -0.2) is 9.37 Å². The van der Waals surface area contributed by atoms with Crippen molar-refractivity contribution in [3.8, 4) is 0 Å². The van der Waals surface area contributed by atoms with E-state index in [0.717, 1.165) is 22.4 Å². The van der Waals surface area contributed by atoms with E-state index in [-0.39, 0.29) is 11.9 Å². The lowest BCUT2D eigenvalue weighted by Crippen LogP contribution is -2.30. The number of anilines is 1. The predicted octanol–water partition coefficient (Wildman–Crippen LogP) is 4.96. The van der Waals surface area contributed by atoms with E-state index in [1.807, 2.05) is 41.9 Å². The van der Waals surface area contributed by atoms with Gasteiger partial charge in [-0.2, -0.15) is 3.89 Å². The maximum absolute atomic E-state index is 13.8. The zero-order valence-electron chi connectivity index (χ0n) is 15.3. The first-order chi connectivity index (χ1) is 13.1. The van der Waals surface area contributed by atoms with Crippen LogP contribution in [-0.4, -0.2) is 26.8 Å². The predicted molar refractivity (Wildman–Crippen MR) is 106 cm³/mol. The summed E-state index contributed by atoms with van der Waals surface area (Å²) in [7, 11) is 0. The Balaban J connectivity index is 1.89. The Hall–Kier alpha value is -2.41. The van der Waals surface area contributed by atoms with E-state index in [9.17, 15) is 8.28 Å². The third-order valence-electron chi connectivity index (χ3n) is 4.58. The van der Waals surface area contributed by atoms with Gasteiger partial charge in [0, 0.05) is 54.9 Å². The van der Waals surface area contributed by atoms with Crippen molar-refractivity contribution in [3.05, 3.63) is 77.9 Å². The monoisotopic (exact) mass is 388 g/mol. The molecule has 4 nitrogen and oxygen atoms in total. The first kappa shape index (κ1) is 19.4. The molecule has 0 saturated carbocycles. The van der Waals surface area contributed by atoms with Gasteiger partial charge >= 0.3 is 0 Å². The molecule has 0 fully saturated rings. The molecule has 3 rings (SSSR count). The molecule has 0 aliphatic rings. The second-order valence-electron chi connectivity index (χ2n) is 6.47. The van der Waals surface area contributed by atoms with Gasteiger partial charge in [0.15, 0.2) is 0 Å². The topological polar surface area (TPSA) is 34.0 Å². The molecule has 0 N–H and O–H groups in total. The largest absolute Gasteiger partial charge is 0.363 e. The number of hydrogen-bond donors (Lipinski definition) is 0. The summed E-state index contributed by atoms with van der Waals surface area (Å²) in [4.78, 5) is 10.5. The molecule has 1 unspecified atom stereocenters. The highest BCUT2D eigenvalue weighted by atomic mass is 32.2. The molecule has 1 atom stereocenters. The fraction of sp³-hybridized carbons (Fsp3) is 0.300. The highest BCUT2D eigenvalue weighted by Gasteiger charge is 2.19. The van der Waals surface area contributed by atoms with Crippen LogP contribution in [0.1, 0.15) is 29.7 Å². The molecule has 3 aromatic rings. The maximum Gasteiger partial charge on any atom is 0.125 e. The summed E-state index contributed by atoms with van der Waals surface area (Å²) >= 11 is 0.292. The summed E-state index contributed by atoms with van der Waals surface area (Å²) in [5, 5.41) is 0. The number of rotatable bonds is 8. The smallest absolute Gasteiger partial charge is 0.125 e. The maximum atomic E-state index is 13.8. The minimum absolute atomic E-state index is 0.0760. The average Bonchev–Trinajstić information content (AvgIpc) is 3.17. The molecule has 27 heavy (non-hydrogen) atoms. The quantitative estimate of drug-likeness (QED) is 0.546. The van der Waals surface area contributed by atoms with Gasteiger partial charge in [0.2, 0.25) is 0 Å². The molecule has 0 aliphatic carbocycles. The number of pyridine rings is 1. The molecule has 0 amide bonds.